The van der Waals surface area contributed by atoms with Gasteiger partial charge in [-0.3, -0.25) is 4.79 Å². The zero-order chi connectivity index (χ0) is 5.86. The van der Waals surface area contributed by atoms with Gasteiger partial charge < -0.3 is 5.11 Å². The molecule has 0 saturated carbocycles. The van der Waals surface area contributed by atoms with Crippen molar-refractivity contribution in [3.63, 3.8) is 0 Å². The third-order valence-electron chi connectivity index (χ3n) is 0.384. The van der Waals surface area contributed by atoms with E-state index in [1.165, 1.54) is 6.08 Å². The Morgan fingerprint density at radius 3 is 2.29 bits per heavy atom. The van der Waals surface area contributed by atoms with Crippen LogP contribution in [0.3, 0.4) is 0 Å². The second kappa shape index (κ2) is 2.80. The Kier molecular flexibility index (Phi) is 2.67. The van der Waals surface area contributed by atoms with E-state index in [0.29, 0.717) is 0 Å². The van der Waals surface area contributed by atoms with Crippen LogP contribution < -0.4 is 0 Å². The Bertz CT molecular complexity index is 89.7. The maximum Gasteiger partial charge on any atom is 0.326 e. The highest BCUT2D eigenvalue weighted by Gasteiger charge is 2.06. The average Bonchev–Trinajstić information content (AvgIpc) is 1.65. The molecule has 7 heavy (non-hydrogen) atoms. The molecular weight excluding hydrogens is 160 g/mol. The standard InChI is InChI=1S/C4H4BrO2/c1-2-3(5)4(6)7/h2H,1H2,(H,6,7). The molecule has 0 aliphatic heterocycles. The monoisotopic (exact) mass is 163 g/mol. The molecule has 0 aromatic rings. The molecule has 3 heteroatoms. The van der Waals surface area contributed by atoms with E-state index in [2.05, 4.69) is 22.5 Å². The SMILES string of the molecule is C=C[C](Br)C(=O)O. The fourth-order valence-electron chi connectivity index (χ4n) is 0.0873. The third-order valence-corrected chi connectivity index (χ3v) is 1.05. The van der Waals surface area contributed by atoms with Crippen molar-refractivity contribution in [2.75, 3.05) is 0 Å². The van der Waals surface area contributed by atoms with E-state index in [4.69, 9.17) is 5.11 Å². The minimum absolute atomic E-state index is 0.0903. The van der Waals surface area contributed by atoms with Gasteiger partial charge in [0.25, 0.3) is 0 Å². The Balaban J connectivity index is 3.55. The number of carboxylic acids is 1. The number of halogens is 1. The molecule has 0 fully saturated rings. The molecule has 0 aromatic carbocycles. The van der Waals surface area contributed by atoms with E-state index in [1.54, 1.807) is 0 Å². The second-order valence-corrected chi connectivity index (χ2v) is 1.71. The maximum atomic E-state index is 9.78. The fourth-order valence-corrected chi connectivity index (χ4v) is 0.0873. The number of rotatable bonds is 2. The zero-order valence-corrected chi connectivity index (χ0v) is 5.10. The quantitative estimate of drug-likeness (QED) is 0.665. The van der Waals surface area contributed by atoms with E-state index in [0.717, 1.165) is 0 Å². The molecule has 0 unspecified atom stereocenters. The van der Waals surface area contributed by atoms with Gasteiger partial charge in [-0.25, -0.2) is 0 Å². The minimum Gasteiger partial charge on any atom is -0.480 e. The molecule has 0 atom stereocenters. The summed E-state index contributed by atoms with van der Waals surface area (Å²) in [6.45, 7) is 3.22. The topological polar surface area (TPSA) is 37.3 Å². The van der Waals surface area contributed by atoms with Gasteiger partial charge in [0.2, 0.25) is 0 Å². The Labute approximate surface area is 50.0 Å². The Morgan fingerprint density at radius 2 is 2.29 bits per heavy atom. The first-order valence-electron chi connectivity index (χ1n) is 1.56. The van der Waals surface area contributed by atoms with Crippen LogP contribution in [-0.2, 0) is 4.79 Å². The van der Waals surface area contributed by atoms with Crippen LogP contribution in [0.2, 0.25) is 0 Å². The predicted octanol–water partition coefficient (Wildman–Crippen LogP) is 1.18. The lowest BCUT2D eigenvalue weighted by Gasteiger charge is -1.88. The van der Waals surface area contributed by atoms with Crippen LogP contribution in [0, 0.1) is 4.83 Å². The van der Waals surface area contributed by atoms with Crippen molar-refractivity contribution >= 4 is 21.9 Å². The summed E-state index contributed by atoms with van der Waals surface area (Å²) in [6.07, 6.45) is 1.22. The lowest BCUT2D eigenvalue weighted by molar-refractivity contribution is -0.133. The van der Waals surface area contributed by atoms with Gasteiger partial charge in [0, 0.05) is 0 Å². The molecule has 0 spiro atoms. The van der Waals surface area contributed by atoms with E-state index in [1.807, 2.05) is 0 Å². The predicted molar refractivity (Wildman–Crippen MR) is 30.0 cm³/mol. The van der Waals surface area contributed by atoms with Crippen LogP contribution in [0.5, 0.6) is 0 Å². The number of hydrogen-bond acceptors (Lipinski definition) is 1. The van der Waals surface area contributed by atoms with E-state index in [9.17, 15) is 4.79 Å². The van der Waals surface area contributed by atoms with Gasteiger partial charge in [-0.1, -0.05) is 22.0 Å². The van der Waals surface area contributed by atoms with Crippen molar-refractivity contribution in [1.82, 2.24) is 0 Å². The van der Waals surface area contributed by atoms with Gasteiger partial charge in [-0.2, -0.15) is 0 Å². The van der Waals surface area contributed by atoms with Crippen LogP contribution in [0.1, 0.15) is 0 Å². The zero-order valence-electron chi connectivity index (χ0n) is 3.52. The van der Waals surface area contributed by atoms with Crippen molar-refractivity contribution in [2.24, 2.45) is 0 Å². The van der Waals surface area contributed by atoms with Gasteiger partial charge in [0.1, 0.15) is 0 Å². The molecule has 0 aliphatic carbocycles. The molecule has 0 saturated heterocycles. The number of hydrogen-bond donors (Lipinski definition) is 1. The summed E-state index contributed by atoms with van der Waals surface area (Å²) in [6, 6.07) is 0. The Morgan fingerprint density at radius 1 is 1.86 bits per heavy atom. The smallest absolute Gasteiger partial charge is 0.326 e. The molecule has 1 radical (unpaired) electrons. The third kappa shape index (κ3) is 2.39. The molecule has 0 aromatic heterocycles. The van der Waals surface area contributed by atoms with Crippen LogP contribution in [0.15, 0.2) is 12.7 Å². The molecular formula is C4H4BrO2. The average molecular weight is 164 g/mol. The van der Waals surface area contributed by atoms with Crippen molar-refractivity contribution < 1.29 is 9.90 Å². The van der Waals surface area contributed by atoms with Gasteiger partial charge in [0.15, 0.2) is 4.83 Å². The van der Waals surface area contributed by atoms with Crippen LogP contribution in [0.25, 0.3) is 0 Å². The highest BCUT2D eigenvalue weighted by atomic mass is 79.9. The molecule has 0 heterocycles. The molecule has 0 amide bonds. The summed E-state index contributed by atoms with van der Waals surface area (Å²) in [4.78, 5) is 9.87. The second-order valence-electron chi connectivity index (χ2n) is 0.857. The lowest BCUT2D eigenvalue weighted by atomic mass is 10.4. The summed E-state index contributed by atoms with van der Waals surface area (Å²) in [5.41, 5.74) is 0. The van der Waals surface area contributed by atoms with Crippen molar-refractivity contribution in [3.05, 3.63) is 17.5 Å². The fraction of sp³-hybridized carbons (Fsp3) is 0. The van der Waals surface area contributed by atoms with Gasteiger partial charge in [0.05, 0.1) is 0 Å². The minimum atomic E-state index is -0.991. The number of carboxylic acid groups (broad SMARTS) is 1. The van der Waals surface area contributed by atoms with Crippen molar-refractivity contribution in [2.45, 2.75) is 0 Å². The molecule has 2 nitrogen and oxygen atoms in total. The highest BCUT2D eigenvalue weighted by molar-refractivity contribution is 9.11. The molecule has 1 N–H and O–H groups in total. The first-order valence-corrected chi connectivity index (χ1v) is 2.36. The number of aliphatic carboxylic acids is 1. The van der Waals surface area contributed by atoms with Gasteiger partial charge in [-0.15, -0.1) is 6.58 Å². The molecule has 39 valence electrons. The van der Waals surface area contributed by atoms with Crippen LogP contribution in [0.4, 0.5) is 0 Å². The van der Waals surface area contributed by atoms with Gasteiger partial charge in [-0.05, 0) is 0 Å². The van der Waals surface area contributed by atoms with E-state index < -0.39 is 5.97 Å². The lowest BCUT2D eigenvalue weighted by Crippen LogP contribution is -1.98. The normalized spacial score (nSPS) is 8.86. The van der Waals surface area contributed by atoms with Gasteiger partial charge >= 0.3 is 5.97 Å². The summed E-state index contributed by atoms with van der Waals surface area (Å²) < 4.78 is 0. The van der Waals surface area contributed by atoms with E-state index >= 15 is 0 Å². The van der Waals surface area contributed by atoms with Crippen molar-refractivity contribution in [1.29, 1.82) is 0 Å². The summed E-state index contributed by atoms with van der Waals surface area (Å²) in [5, 5.41) is 8.03. The van der Waals surface area contributed by atoms with Crippen LogP contribution >= 0.6 is 15.9 Å². The van der Waals surface area contributed by atoms with E-state index in [-0.39, 0.29) is 4.83 Å². The molecule has 0 bridgehead atoms. The summed E-state index contributed by atoms with van der Waals surface area (Å²) >= 11 is 2.74. The first-order chi connectivity index (χ1) is 3.18. The molecule has 0 rings (SSSR count). The van der Waals surface area contributed by atoms with Crippen LogP contribution in [-0.4, -0.2) is 11.1 Å². The number of carbonyl (C=O) groups is 1. The summed E-state index contributed by atoms with van der Waals surface area (Å²) in [7, 11) is 0. The maximum absolute atomic E-state index is 9.78. The summed E-state index contributed by atoms with van der Waals surface area (Å²) in [5.74, 6) is -0.991. The molecule has 0 aliphatic rings. The van der Waals surface area contributed by atoms with Crippen molar-refractivity contribution in [3.8, 4) is 0 Å². The largest absolute Gasteiger partial charge is 0.480 e. The first kappa shape index (κ1) is 6.69. The highest BCUT2D eigenvalue weighted by Crippen LogP contribution is 2.08. The Hall–Kier alpha value is -0.310.